The normalized spacial score (nSPS) is 23.1. The summed E-state index contributed by atoms with van der Waals surface area (Å²) in [6.07, 6.45) is 3.37. The van der Waals surface area contributed by atoms with Crippen molar-refractivity contribution in [1.82, 2.24) is 0 Å². The van der Waals surface area contributed by atoms with Gasteiger partial charge >= 0.3 is 29.6 Å². The topological polar surface area (TPSA) is 63.6 Å². The van der Waals surface area contributed by atoms with Crippen molar-refractivity contribution >= 4 is 19.6 Å². The van der Waals surface area contributed by atoms with E-state index in [0.717, 1.165) is 25.0 Å². The number of hydrogen-bond acceptors (Lipinski definition) is 3. The molecule has 1 aromatic rings. The molecule has 2 rings (SSSR count). The van der Waals surface area contributed by atoms with Gasteiger partial charge in [0.2, 0.25) is 0 Å². The van der Waals surface area contributed by atoms with Crippen molar-refractivity contribution in [2.75, 3.05) is 6.61 Å². The van der Waals surface area contributed by atoms with E-state index in [1.807, 2.05) is 12.1 Å². The molecule has 0 spiro atoms. The summed E-state index contributed by atoms with van der Waals surface area (Å²) in [5.74, 6) is 0.386. The van der Waals surface area contributed by atoms with Gasteiger partial charge in [0, 0.05) is 18.3 Å². The molecule has 0 aromatic heterocycles. The zero-order valence-electron chi connectivity index (χ0n) is 13.8. The fourth-order valence-corrected chi connectivity index (χ4v) is 5.33. The minimum absolute atomic E-state index is 0. The van der Waals surface area contributed by atoms with Crippen LogP contribution in [0.25, 0.3) is 0 Å². The maximum atomic E-state index is 11.1. The SMILES string of the molecule is CCC[SiH2]C1OCCCC1c1ccc(S(=O)(=O)O)cc1.[H-].[Na+]. The molecule has 4 nitrogen and oxygen atoms in total. The Morgan fingerprint density at radius 1 is 1.38 bits per heavy atom. The van der Waals surface area contributed by atoms with Crippen LogP contribution in [0.4, 0.5) is 0 Å². The third-order valence-corrected chi connectivity index (χ3v) is 7.25. The van der Waals surface area contributed by atoms with E-state index in [2.05, 4.69) is 6.92 Å². The molecule has 2 atom stereocenters. The smallest absolute Gasteiger partial charge is 1.00 e. The molecular weight excluding hydrogens is 315 g/mol. The summed E-state index contributed by atoms with van der Waals surface area (Å²) < 4.78 is 37.1. The number of rotatable bonds is 5. The van der Waals surface area contributed by atoms with Gasteiger partial charge in [-0.25, -0.2) is 0 Å². The molecule has 7 heteroatoms. The van der Waals surface area contributed by atoms with Gasteiger partial charge in [0.05, 0.1) is 14.4 Å². The van der Waals surface area contributed by atoms with Crippen LogP contribution in [0.2, 0.25) is 6.04 Å². The molecule has 0 aliphatic carbocycles. The molecule has 2 unspecified atom stereocenters. The molecule has 114 valence electrons. The standard InChI is InChI=1S/C14H22O4SSi.Na.H/c1-2-10-20-14-13(4-3-9-18-14)11-5-7-12(8-6-11)19(15,16)17;;/h5-8,13-14H,2-4,9-10,20H2,1H3,(H,15,16,17);;/q;+1;-1. The second kappa shape index (κ2) is 8.81. The van der Waals surface area contributed by atoms with Crippen molar-refractivity contribution in [2.45, 2.75) is 48.8 Å². The molecule has 1 saturated heterocycles. The van der Waals surface area contributed by atoms with Crippen molar-refractivity contribution < 1.29 is 48.7 Å². The van der Waals surface area contributed by atoms with Crippen LogP contribution in [0.15, 0.2) is 29.2 Å². The Hall–Kier alpha value is 0.307. The van der Waals surface area contributed by atoms with Crippen LogP contribution in [0.3, 0.4) is 0 Å². The van der Waals surface area contributed by atoms with E-state index in [0.29, 0.717) is 11.6 Å². The molecule has 0 bridgehead atoms. The van der Waals surface area contributed by atoms with Crippen molar-refractivity contribution in [3.63, 3.8) is 0 Å². The van der Waals surface area contributed by atoms with Crippen LogP contribution in [0, 0.1) is 0 Å². The summed E-state index contributed by atoms with van der Waals surface area (Å²) in [7, 11) is -4.35. The average molecular weight is 338 g/mol. The van der Waals surface area contributed by atoms with E-state index in [1.54, 1.807) is 0 Å². The minimum Gasteiger partial charge on any atom is -1.00 e. The van der Waals surface area contributed by atoms with Crippen molar-refractivity contribution in [1.29, 1.82) is 0 Å². The molecule has 0 saturated carbocycles. The van der Waals surface area contributed by atoms with E-state index in [-0.39, 0.29) is 45.4 Å². The Bertz CT molecular complexity index is 538. The van der Waals surface area contributed by atoms with Gasteiger partial charge in [-0.05, 0) is 30.5 Å². The first-order valence-corrected chi connectivity index (χ1v) is 10.5. The molecule has 21 heavy (non-hydrogen) atoms. The van der Waals surface area contributed by atoms with Gasteiger partial charge in [-0.3, -0.25) is 4.55 Å². The maximum absolute atomic E-state index is 11.1. The Balaban J connectivity index is 0.00000220. The van der Waals surface area contributed by atoms with E-state index >= 15 is 0 Å². The van der Waals surface area contributed by atoms with E-state index in [4.69, 9.17) is 9.29 Å². The molecule has 1 heterocycles. The second-order valence-electron chi connectivity index (χ2n) is 5.34. The van der Waals surface area contributed by atoms with Crippen LogP contribution < -0.4 is 29.6 Å². The van der Waals surface area contributed by atoms with Crippen molar-refractivity contribution in [2.24, 2.45) is 0 Å². The number of ether oxygens (including phenoxy) is 1. The molecule has 1 aromatic carbocycles. The molecule has 1 aliphatic rings. The Morgan fingerprint density at radius 3 is 2.62 bits per heavy atom. The van der Waals surface area contributed by atoms with Crippen LogP contribution in [-0.4, -0.2) is 34.8 Å². The summed E-state index contributed by atoms with van der Waals surface area (Å²) in [5, 5.41) is 0. The fraction of sp³-hybridized carbons (Fsp3) is 0.571. The molecular formula is C14H23NaO4SSi. The third kappa shape index (κ3) is 5.46. The molecule has 0 radical (unpaired) electrons. The van der Waals surface area contributed by atoms with Crippen LogP contribution in [0.1, 0.15) is 39.1 Å². The summed E-state index contributed by atoms with van der Waals surface area (Å²) in [4.78, 5) is -0.0414. The van der Waals surface area contributed by atoms with Crippen LogP contribution in [-0.2, 0) is 14.9 Å². The second-order valence-corrected chi connectivity index (χ2v) is 8.86. The average Bonchev–Trinajstić information content (AvgIpc) is 2.45. The van der Waals surface area contributed by atoms with Gasteiger partial charge in [-0.1, -0.05) is 31.5 Å². The largest absolute Gasteiger partial charge is 1.00 e. The maximum Gasteiger partial charge on any atom is 1.00 e. The quantitative estimate of drug-likeness (QED) is 0.568. The third-order valence-electron chi connectivity index (χ3n) is 3.89. The molecule has 1 aliphatic heterocycles. The summed E-state index contributed by atoms with van der Waals surface area (Å²) in [5.41, 5.74) is 1.49. The fourth-order valence-electron chi connectivity index (χ4n) is 2.80. The zero-order chi connectivity index (χ0) is 14.6. The summed E-state index contributed by atoms with van der Waals surface area (Å²) in [6.45, 7) is 3.05. The van der Waals surface area contributed by atoms with Crippen molar-refractivity contribution in [3.05, 3.63) is 29.8 Å². The van der Waals surface area contributed by atoms with Gasteiger partial charge in [0.1, 0.15) is 0 Å². The predicted molar refractivity (Wildman–Crippen MR) is 82.7 cm³/mol. The van der Waals surface area contributed by atoms with E-state index in [9.17, 15) is 8.42 Å². The summed E-state index contributed by atoms with van der Waals surface area (Å²) >= 11 is 0. The first-order chi connectivity index (χ1) is 9.52. The van der Waals surface area contributed by atoms with Crippen molar-refractivity contribution in [3.8, 4) is 0 Å². The molecule has 1 fully saturated rings. The first kappa shape index (κ1) is 19.4. The number of benzene rings is 1. The molecule has 1 N–H and O–H groups in total. The zero-order valence-corrected chi connectivity index (χ0v) is 17.0. The molecule has 0 amide bonds. The van der Waals surface area contributed by atoms with Gasteiger partial charge < -0.3 is 6.16 Å². The Morgan fingerprint density at radius 2 is 2.05 bits per heavy atom. The van der Waals surface area contributed by atoms with Crippen LogP contribution in [0.5, 0.6) is 0 Å². The number of hydrogen-bond donors (Lipinski definition) is 1. The van der Waals surface area contributed by atoms with E-state index in [1.165, 1.54) is 24.6 Å². The van der Waals surface area contributed by atoms with Gasteiger partial charge in [0.25, 0.3) is 10.1 Å². The predicted octanol–water partition coefficient (Wildman–Crippen LogP) is -0.733. The minimum atomic E-state index is -4.10. The Labute approximate surface area is 153 Å². The monoisotopic (exact) mass is 338 g/mol. The van der Waals surface area contributed by atoms with Gasteiger partial charge in [-0.15, -0.1) is 0 Å². The van der Waals surface area contributed by atoms with Gasteiger partial charge in [-0.2, -0.15) is 8.42 Å². The first-order valence-electron chi connectivity index (χ1n) is 7.21. The summed E-state index contributed by atoms with van der Waals surface area (Å²) in [6, 6.07) is 7.88. The Kier molecular flexibility index (Phi) is 8.12. The van der Waals surface area contributed by atoms with Gasteiger partial charge in [0.15, 0.2) is 0 Å². The van der Waals surface area contributed by atoms with E-state index < -0.39 is 10.1 Å². The van der Waals surface area contributed by atoms with Crippen LogP contribution >= 0.6 is 0 Å².